The summed E-state index contributed by atoms with van der Waals surface area (Å²) < 4.78 is 6.67. The number of hydrogen-bond acceptors (Lipinski definition) is 3. The predicted molar refractivity (Wildman–Crippen MR) is 123 cm³/mol. The minimum absolute atomic E-state index is 0.127. The minimum atomic E-state index is -0.612. The van der Waals surface area contributed by atoms with Crippen LogP contribution >= 0.6 is 15.9 Å². The molecule has 6 heteroatoms. The van der Waals surface area contributed by atoms with Gasteiger partial charge in [0.15, 0.2) is 6.61 Å². The summed E-state index contributed by atoms with van der Waals surface area (Å²) in [5.41, 5.74) is 3.21. The molecule has 0 radical (unpaired) electrons. The molecule has 2 rings (SSSR count). The molecule has 0 aliphatic rings. The molecular weight excluding hydrogens is 444 g/mol. The van der Waals surface area contributed by atoms with Gasteiger partial charge < -0.3 is 15.0 Å². The number of halogens is 1. The van der Waals surface area contributed by atoms with Crippen LogP contribution in [0.3, 0.4) is 0 Å². The van der Waals surface area contributed by atoms with Gasteiger partial charge in [-0.2, -0.15) is 0 Å². The van der Waals surface area contributed by atoms with Gasteiger partial charge in [0, 0.05) is 17.6 Å². The van der Waals surface area contributed by atoms with Crippen molar-refractivity contribution in [3.8, 4) is 5.75 Å². The summed E-state index contributed by atoms with van der Waals surface area (Å²) in [6, 6.07) is 12.9. The summed E-state index contributed by atoms with van der Waals surface area (Å²) >= 11 is 3.46. The fourth-order valence-corrected chi connectivity index (χ4v) is 3.35. The molecule has 0 unspecified atom stereocenters. The van der Waals surface area contributed by atoms with Crippen LogP contribution in [0.5, 0.6) is 5.75 Å². The summed E-state index contributed by atoms with van der Waals surface area (Å²) in [4.78, 5) is 27.3. The summed E-state index contributed by atoms with van der Waals surface area (Å²) in [5.74, 6) is 0.577. The van der Waals surface area contributed by atoms with Gasteiger partial charge in [0.2, 0.25) is 5.91 Å². The molecular formula is C24H31BrN2O3. The molecule has 0 saturated heterocycles. The Labute approximate surface area is 187 Å². The highest BCUT2D eigenvalue weighted by Gasteiger charge is 2.26. The van der Waals surface area contributed by atoms with Crippen molar-refractivity contribution >= 4 is 27.7 Å². The van der Waals surface area contributed by atoms with Crippen LogP contribution in [0, 0.1) is 19.8 Å². The number of benzene rings is 2. The van der Waals surface area contributed by atoms with E-state index in [9.17, 15) is 9.59 Å². The lowest BCUT2D eigenvalue weighted by Crippen LogP contribution is -2.49. The standard InChI is InChI=1S/C24H31BrN2O3/c1-16(2)13-26-24(29)19(5)27(14-20-7-6-8-21(25)12-20)23(28)15-30-22-10-9-17(3)18(4)11-22/h6-12,16,19H,13-15H2,1-5H3,(H,26,29)/t19-/m0/s1. The molecule has 0 aliphatic carbocycles. The Bertz CT molecular complexity index is 883. The van der Waals surface area contributed by atoms with Gasteiger partial charge in [-0.1, -0.05) is 48.0 Å². The topological polar surface area (TPSA) is 58.6 Å². The van der Waals surface area contributed by atoms with E-state index in [1.807, 2.05) is 70.2 Å². The van der Waals surface area contributed by atoms with Crippen molar-refractivity contribution in [3.05, 3.63) is 63.6 Å². The van der Waals surface area contributed by atoms with Gasteiger partial charge in [-0.15, -0.1) is 0 Å². The van der Waals surface area contributed by atoms with Gasteiger partial charge in [-0.05, 0) is 67.6 Å². The first kappa shape index (κ1) is 23.9. The van der Waals surface area contributed by atoms with Crippen LogP contribution in [0.2, 0.25) is 0 Å². The molecule has 0 aliphatic heterocycles. The van der Waals surface area contributed by atoms with Crippen LogP contribution < -0.4 is 10.1 Å². The molecule has 0 spiro atoms. The molecule has 0 fully saturated rings. The Hall–Kier alpha value is -2.34. The van der Waals surface area contributed by atoms with Crippen molar-refractivity contribution in [1.29, 1.82) is 0 Å². The number of aryl methyl sites for hydroxylation is 2. The molecule has 0 heterocycles. The number of carbonyl (C=O) groups is 2. The second-order valence-electron chi connectivity index (χ2n) is 8.00. The molecule has 0 bridgehead atoms. The van der Waals surface area contributed by atoms with Crippen LogP contribution in [0.4, 0.5) is 0 Å². The molecule has 0 aromatic heterocycles. The highest BCUT2D eigenvalue weighted by Crippen LogP contribution is 2.18. The Balaban J connectivity index is 2.14. The van der Waals surface area contributed by atoms with Crippen LogP contribution in [-0.4, -0.2) is 35.9 Å². The van der Waals surface area contributed by atoms with Crippen LogP contribution in [0.25, 0.3) is 0 Å². The second-order valence-corrected chi connectivity index (χ2v) is 8.92. The molecule has 162 valence electrons. The average molecular weight is 475 g/mol. The van der Waals surface area contributed by atoms with Crippen LogP contribution in [0.1, 0.15) is 37.5 Å². The normalized spacial score (nSPS) is 11.8. The highest BCUT2D eigenvalue weighted by atomic mass is 79.9. The second kappa shape index (κ2) is 11.2. The van der Waals surface area contributed by atoms with E-state index in [1.54, 1.807) is 11.8 Å². The lowest BCUT2D eigenvalue weighted by Gasteiger charge is -2.29. The van der Waals surface area contributed by atoms with Gasteiger partial charge in [-0.3, -0.25) is 9.59 Å². The first-order chi connectivity index (χ1) is 14.2. The van der Waals surface area contributed by atoms with Crippen molar-refractivity contribution < 1.29 is 14.3 Å². The Morgan fingerprint density at radius 3 is 2.43 bits per heavy atom. The van der Waals surface area contributed by atoms with Gasteiger partial charge in [0.05, 0.1) is 0 Å². The van der Waals surface area contributed by atoms with E-state index in [0.717, 1.165) is 15.6 Å². The number of carbonyl (C=O) groups excluding carboxylic acids is 2. The number of amides is 2. The monoisotopic (exact) mass is 474 g/mol. The lowest BCUT2D eigenvalue weighted by atomic mass is 10.1. The number of ether oxygens (including phenoxy) is 1. The van der Waals surface area contributed by atoms with Crippen molar-refractivity contribution in [2.45, 2.75) is 47.2 Å². The predicted octanol–water partition coefficient (Wildman–Crippen LogP) is 4.63. The van der Waals surface area contributed by atoms with Crippen molar-refractivity contribution in [2.75, 3.05) is 13.2 Å². The summed E-state index contributed by atoms with van der Waals surface area (Å²) in [7, 11) is 0. The Kier molecular flexibility index (Phi) is 8.90. The van der Waals surface area contributed by atoms with Gasteiger partial charge in [-0.25, -0.2) is 0 Å². The van der Waals surface area contributed by atoms with E-state index in [4.69, 9.17) is 4.74 Å². The quantitative estimate of drug-likeness (QED) is 0.575. The van der Waals surface area contributed by atoms with Gasteiger partial charge in [0.1, 0.15) is 11.8 Å². The van der Waals surface area contributed by atoms with E-state index in [0.29, 0.717) is 24.8 Å². The van der Waals surface area contributed by atoms with Crippen molar-refractivity contribution in [2.24, 2.45) is 5.92 Å². The third-order valence-electron chi connectivity index (χ3n) is 4.93. The molecule has 1 N–H and O–H groups in total. The van der Waals surface area contributed by atoms with E-state index < -0.39 is 6.04 Å². The Morgan fingerprint density at radius 1 is 1.07 bits per heavy atom. The smallest absolute Gasteiger partial charge is 0.261 e. The van der Waals surface area contributed by atoms with Crippen molar-refractivity contribution in [3.63, 3.8) is 0 Å². The third-order valence-corrected chi connectivity index (χ3v) is 5.43. The van der Waals surface area contributed by atoms with Gasteiger partial charge in [0.25, 0.3) is 5.91 Å². The van der Waals surface area contributed by atoms with E-state index in [2.05, 4.69) is 21.2 Å². The van der Waals surface area contributed by atoms with Gasteiger partial charge >= 0.3 is 0 Å². The van der Waals surface area contributed by atoms with E-state index >= 15 is 0 Å². The third kappa shape index (κ3) is 7.17. The largest absolute Gasteiger partial charge is 0.484 e. The van der Waals surface area contributed by atoms with Crippen molar-refractivity contribution in [1.82, 2.24) is 10.2 Å². The maximum atomic E-state index is 13.1. The number of nitrogens with zero attached hydrogens (tertiary/aromatic N) is 1. The molecule has 2 aromatic carbocycles. The molecule has 5 nitrogen and oxygen atoms in total. The summed E-state index contributed by atoms with van der Waals surface area (Å²) in [6.45, 7) is 10.6. The summed E-state index contributed by atoms with van der Waals surface area (Å²) in [6.07, 6.45) is 0. The number of hydrogen-bond donors (Lipinski definition) is 1. The first-order valence-electron chi connectivity index (χ1n) is 10.2. The fraction of sp³-hybridized carbons (Fsp3) is 0.417. The minimum Gasteiger partial charge on any atom is -0.484 e. The zero-order chi connectivity index (χ0) is 22.3. The molecule has 2 amide bonds. The van der Waals surface area contributed by atoms with E-state index in [-0.39, 0.29) is 18.4 Å². The average Bonchev–Trinajstić information content (AvgIpc) is 2.70. The molecule has 2 aromatic rings. The Morgan fingerprint density at radius 2 is 1.80 bits per heavy atom. The molecule has 30 heavy (non-hydrogen) atoms. The lowest BCUT2D eigenvalue weighted by molar-refractivity contribution is -0.142. The first-order valence-corrected chi connectivity index (χ1v) is 11.0. The highest BCUT2D eigenvalue weighted by molar-refractivity contribution is 9.10. The van der Waals surface area contributed by atoms with Crippen LogP contribution in [0.15, 0.2) is 46.9 Å². The maximum absolute atomic E-state index is 13.1. The maximum Gasteiger partial charge on any atom is 0.261 e. The summed E-state index contributed by atoms with van der Waals surface area (Å²) in [5, 5.41) is 2.92. The number of rotatable bonds is 9. The van der Waals surface area contributed by atoms with E-state index in [1.165, 1.54) is 5.56 Å². The molecule has 0 saturated carbocycles. The fourth-order valence-electron chi connectivity index (χ4n) is 2.90. The SMILES string of the molecule is Cc1ccc(OCC(=O)N(Cc2cccc(Br)c2)[C@@H](C)C(=O)NCC(C)C)cc1C. The molecule has 1 atom stereocenters. The van der Waals surface area contributed by atoms with Crippen LogP contribution in [-0.2, 0) is 16.1 Å². The zero-order valence-corrected chi connectivity index (χ0v) is 20.0. The number of nitrogens with one attached hydrogen (secondary N) is 1. The zero-order valence-electron chi connectivity index (χ0n) is 18.4.